The van der Waals surface area contributed by atoms with Crippen LogP contribution in [-0.2, 0) is 0 Å². The summed E-state index contributed by atoms with van der Waals surface area (Å²) in [6.07, 6.45) is 4.99. The minimum atomic E-state index is -1.14. The van der Waals surface area contributed by atoms with Crippen LogP contribution in [0.4, 0.5) is 19.0 Å². The number of halogens is 3. The van der Waals surface area contributed by atoms with Crippen molar-refractivity contribution in [3.8, 4) is 23.0 Å². The molecule has 174 valence electrons. The summed E-state index contributed by atoms with van der Waals surface area (Å²) in [6.45, 7) is 1.63. The minimum Gasteiger partial charge on any atom is -0.508 e. The maximum Gasteiger partial charge on any atom is 0.318 e. The highest BCUT2D eigenvalue weighted by Crippen LogP contribution is 2.41. The standard InChI is InChI=1S/C25H21F3N4O2/c1-34-25-30-23-17(24(31-25)32-10-12-2-3-13(6-12)11-32)9-29-22(21(23)28)16-8-15(33)7-14-4-5-18(26)20(27)19(14)16/h4-5,7-9,12-13,33H,2-3,6,10-11H2,1H3. The molecule has 2 aliphatic rings. The number of aromatic hydroxyl groups is 1. The average molecular weight is 466 g/mol. The lowest BCUT2D eigenvalue weighted by Crippen LogP contribution is -2.37. The number of phenolic OH excluding ortho intramolecular Hbond substituents is 1. The summed E-state index contributed by atoms with van der Waals surface area (Å²) in [5.41, 5.74) is -0.345. The minimum absolute atomic E-state index is 0.00876. The van der Waals surface area contributed by atoms with Crippen LogP contribution in [0.3, 0.4) is 0 Å². The number of benzene rings is 2. The molecule has 2 aromatic carbocycles. The summed E-state index contributed by atoms with van der Waals surface area (Å²) in [7, 11) is 1.41. The maximum absolute atomic E-state index is 16.0. The van der Waals surface area contributed by atoms with Crippen LogP contribution < -0.4 is 9.64 Å². The Balaban J connectivity index is 1.58. The van der Waals surface area contributed by atoms with E-state index in [1.165, 1.54) is 50.8 Å². The zero-order valence-electron chi connectivity index (χ0n) is 18.4. The van der Waals surface area contributed by atoms with E-state index in [9.17, 15) is 13.9 Å². The molecule has 6 rings (SSSR count). The van der Waals surface area contributed by atoms with Crippen LogP contribution >= 0.6 is 0 Å². The lowest BCUT2D eigenvalue weighted by molar-refractivity contribution is 0.378. The molecule has 0 radical (unpaired) electrons. The molecule has 0 amide bonds. The van der Waals surface area contributed by atoms with Crippen molar-refractivity contribution in [3.63, 3.8) is 0 Å². The van der Waals surface area contributed by atoms with Crippen LogP contribution in [0.2, 0.25) is 0 Å². The van der Waals surface area contributed by atoms with E-state index in [0.29, 0.717) is 23.0 Å². The molecular weight excluding hydrogens is 445 g/mol. The predicted molar refractivity (Wildman–Crippen MR) is 121 cm³/mol. The predicted octanol–water partition coefficient (Wildman–Crippen LogP) is 5.21. The molecule has 2 unspecified atom stereocenters. The van der Waals surface area contributed by atoms with Gasteiger partial charge in [-0.25, -0.2) is 13.2 Å². The number of anilines is 1. The van der Waals surface area contributed by atoms with Crippen LogP contribution in [0, 0.1) is 29.3 Å². The number of nitrogens with zero attached hydrogens (tertiary/aromatic N) is 4. The maximum atomic E-state index is 16.0. The second kappa shape index (κ2) is 7.72. The van der Waals surface area contributed by atoms with Gasteiger partial charge in [0.05, 0.1) is 12.5 Å². The molecule has 1 aliphatic carbocycles. The first kappa shape index (κ1) is 20.9. The number of aromatic nitrogens is 3. The fraction of sp³-hybridized carbons (Fsp3) is 0.320. The molecule has 1 aliphatic heterocycles. The Hall–Kier alpha value is -3.62. The highest BCUT2D eigenvalue weighted by atomic mass is 19.2. The number of rotatable bonds is 3. The number of phenols is 1. The summed E-state index contributed by atoms with van der Waals surface area (Å²) in [4.78, 5) is 15.2. The van der Waals surface area contributed by atoms with Gasteiger partial charge in [-0.1, -0.05) is 6.07 Å². The van der Waals surface area contributed by atoms with Gasteiger partial charge in [0.15, 0.2) is 17.5 Å². The molecule has 9 heteroatoms. The summed E-state index contributed by atoms with van der Waals surface area (Å²) < 4.78 is 50.0. The molecule has 2 atom stereocenters. The second-order valence-electron chi connectivity index (χ2n) is 9.12. The summed E-state index contributed by atoms with van der Waals surface area (Å²) in [5, 5.41) is 10.6. The molecule has 0 spiro atoms. The van der Waals surface area contributed by atoms with E-state index in [2.05, 4.69) is 19.9 Å². The molecule has 6 nitrogen and oxygen atoms in total. The van der Waals surface area contributed by atoms with Crippen molar-refractivity contribution in [3.05, 3.63) is 47.9 Å². The Morgan fingerprint density at radius 3 is 2.53 bits per heavy atom. The van der Waals surface area contributed by atoms with Gasteiger partial charge < -0.3 is 14.7 Å². The molecule has 3 heterocycles. The number of hydrogen-bond donors (Lipinski definition) is 1. The zero-order chi connectivity index (χ0) is 23.6. The number of methoxy groups -OCH3 is 1. The van der Waals surface area contributed by atoms with Gasteiger partial charge in [0.25, 0.3) is 0 Å². The Labute approximate surface area is 193 Å². The number of piperidine rings is 1. The van der Waals surface area contributed by atoms with Crippen molar-refractivity contribution in [2.75, 3.05) is 25.1 Å². The molecule has 2 aromatic heterocycles. The van der Waals surface area contributed by atoms with Crippen molar-refractivity contribution < 1.29 is 23.0 Å². The van der Waals surface area contributed by atoms with Gasteiger partial charge in [-0.15, -0.1) is 0 Å². The van der Waals surface area contributed by atoms with Gasteiger partial charge >= 0.3 is 6.01 Å². The molecule has 2 fully saturated rings. The van der Waals surface area contributed by atoms with E-state index >= 15 is 4.39 Å². The fourth-order valence-electron chi connectivity index (χ4n) is 5.49. The smallest absolute Gasteiger partial charge is 0.318 e. The summed E-state index contributed by atoms with van der Waals surface area (Å²) in [5.74, 6) is -1.57. The molecular formula is C25H21F3N4O2. The number of fused-ring (bicyclic) bond motifs is 4. The fourth-order valence-corrected chi connectivity index (χ4v) is 5.49. The SMILES string of the molecule is COc1nc(N2CC3CCC(C3)C2)c2cnc(-c3cc(O)cc4ccc(F)c(F)c34)c(F)c2n1. The van der Waals surface area contributed by atoms with Crippen molar-refractivity contribution in [1.82, 2.24) is 15.0 Å². The van der Waals surface area contributed by atoms with E-state index in [0.717, 1.165) is 19.2 Å². The first-order valence-corrected chi connectivity index (χ1v) is 11.2. The highest BCUT2D eigenvalue weighted by Gasteiger charge is 2.34. The molecule has 1 saturated heterocycles. The number of pyridine rings is 1. The third-order valence-electron chi connectivity index (χ3n) is 6.98. The molecule has 34 heavy (non-hydrogen) atoms. The Morgan fingerprint density at radius 1 is 1.03 bits per heavy atom. The quantitative estimate of drug-likeness (QED) is 0.447. The van der Waals surface area contributed by atoms with Gasteiger partial charge in [0.2, 0.25) is 0 Å². The number of hydrogen-bond acceptors (Lipinski definition) is 6. The van der Waals surface area contributed by atoms with Gasteiger partial charge in [-0.2, -0.15) is 9.97 Å². The van der Waals surface area contributed by atoms with Crippen LogP contribution in [0.1, 0.15) is 19.3 Å². The largest absolute Gasteiger partial charge is 0.508 e. The van der Waals surface area contributed by atoms with Crippen LogP contribution in [0.15, 0.2) is 30.5 Å². The van der Waals surface area contributed by atoms with E-state index in [1.807, 2.05) is 0 Å². The van der Waals surface area contributed by atoms with E-state index < -0.39 is 17.5 Å². The van der Waals surface area contributed by atoms with Gasteiger partial charge in [0.1, 0.15) is 22.8 Å². The van der Waals surface area contributed by atoms with Crippen LogP contribution in [0.5, 0.6) is 11.8 Å². The molecule has 2 bridgehead atoms. The summed E-state index contributed by atoms with van der Waals surface area (Å²) in [6, 6.07) is 4.75. The van der Waals surface area contributed by atoms with Crippen molar-refractivity contribution in [1.29, 1.82) is 0 Å². The first-order chi connectivity index (χ1) is 16.4. The second-order valence-corrected chi connectivity index (χ2v) is 9.12. The third-order valence-corrected chi connectivity index (χ3v) is 6.98. The zero-order valence-corrected chi connectivity index (χ0v) is 18.4. The van der Waals surface area contributed by atoms with E-state index in [1.54, 1.807) is 0 Å². The third kappa shape index (κ3) is 3.21. The first-order valence-electron chi connectivity index (χ1n) is 11.2. The van der Waals surface area contributed by atoms with Crippen molar-refractivity contribution in [2.45, 2.75) is 19.3 Å². The van der Waals surface area contributed by atoms with Gasteiger partial charge in [0, 0.05) is 30.2 Å². The van der Waals surface area contributed by atoms with Crippen LogP contribution in [0.25, 0.3) is 32.9 Å². The van der Waals surface area contributed by atoms with Gasteiger partial charge in [-0.05, 0) is 54.7 Å². The summed E-state index contributed by atoms with van der Waals surface area (Å²) >= 11 is 0. The molecule has 1 N–H and O–H groups in total. The van der Waals surface area contributed by atoms with Crippen molar-refractivity contribution >= 4 is 27.5 Å². The lowest BCUT2D eigenvalue weighted by atomic mass is 9.98. The Morgan fingerprint density at radius 2 is 1.79 bits per heavy atom. The van der Waals surface area contributed by atoms with Gasteiger partial charge in [-0.3, -0.25) is 4.98 Å². The topological polar surface area (TPSA) is 71.4 Å². The molecule has 1 saturated carbocycles. The normalized spacial score (nSPS) is 19.8. The highest BCUT2D eigenvalue weighted by molar-refractivity contribution is 6.00. The monoisotopic (exact) mass is 466 g/mol. The van der Waals surface area contributed by atoms with Crippen LogP contribution in [-0.4, -0.2) is 40.3 Å². The molecule has 4 aromatic rings. The Bertz CT molecular complexity index is 1450. The average Bonchev–Trinajstić information content (AvgIpc) is 3.18. The Kier molecular flexibility index (Phi) is 4.75. The lowest BCUT2D eigenvalue weighted by Gasteiger charge is -2.33. The van der Waals surface area contributed by atoms with E-state index in [-0.39, 0.29) is 39.3 Å². The van der Waals surface area contributed by atoms with E-state index in [4.69, 9.17) is 4.74 Å². The number of ether oxygens (including phenoxy) is 1. The van der Waals surface area contributed by atoms with Crippen molar-refractivity contribution in [2.24, 2.45) is 11.8 Å².